The molecule has 0 bridgehead atoms. The Kier molecular flexibility index (Phi) is 5.21. The number of hydrogen-bond acceptors (Lipinski definition) is 5. The van der Waals surface area contributed by atoms with Gasteiger partial charge in [0.1, 0.15) is 12.4 Å². The van der Waals surface area contributed by atoms with E-state index in [1.807, 2.05) is 30.3 Å². The van der Waals surface area contributed by atoms with E-state index < -0.39 is 16.9 Å². The van der Waals surface area contributed by atoms with Crippen LogP contribution in [0.4, 0.5) is 0 Å². The van der Waals surface area contributed by atoms with Crippen molar-refractivity contribution in [1.82, 2.24) is 0 Å². The van der Waals surface area contributed by atoms with Crippen molar-refractivity contribution in [2.75, 3.05) is 7.11 Å². The molecule has 0 aliphatic rings. The molecular formula is C16H15NO5. The molecular weight excluding hydrogens is 286 g/mol. The molecule has 0 fully saturated rings. The Morgan fingerprint density at radius 2 is 1.77 bits per heavy atom. The van der Waals surface area contributed by atoms with E-state index in [0.717, 1.165) is 12.7 Å². The van der Waals surface area contributed by atoms with Crippen molar-refractivity contribution < 1.29 is 19.2 Å². The van der Waals surface area contributed by atoms with Gasteiger partial charge in [0.25, 0.3) is 5.78 Å². The van der Waals surface area contributed by atoms with Crippen LogP contribution < -0.4 is 4.74 Å². The molecule has 2 aromatic rings. The number of ketones is 1. The fourth-order valence-electron chi connectivity index (χ4n) is 1.89. The lowest BCUT2D eigenvalue weighted by molar-refractivity contribution is -0.553. The first-order chi connectivity index (χ1) is 10.6. The van der Waals surface area contributed by atoms with Gasteiger partial charge in [-0.15, -0.1) is 0 Å². The van der Waals surface area contributed by atoms with E-state index in [1.165, 1.54) is 12.1 Å². The summed E-state index contributed by atoms with van der Waals surface area (Å²) in [5, 5.41) is 10.7. The summed E-state index contributed by atoms with van der Waals surface area (Å²) in [6.45, 7) is 0.406. The molecule has 6 heteroatoms. The molecule has 0 aromatic heterocycles. The van der Waals surface area contributed by atoms with E-state index in [4.69, 9.17) is 4.74 Å². The van der Waals surface area contributed by atoms with Crippen LogP contribution in [0.25, 0.3) is 0 Å². The normalized spacial score (nSPS) is 11.7. The highest BCUT2D eigenvalue weighted by Crippen LogP contribution is 2.16. The number of Topliss-reactive ketones (excluding diaryl/α,β-unsaturated/α-hetero) is 1. The molecule has 0 saturated heterocycles. The van der Waals surface area contributed by atoms with Crippen LogP contribution in [0.15, 0.2) is 54.6 Å². The van der Waals surface area contributed by atoms with Crippen molar-refractivity contribution in [3.63, 3.8) is 0 Å². The highest BCUT2D eigenvalue weighted by atomic mass is 16.7. The van der Waals surface area contributed by atoms with E-state index in [2.05, 4.69) is 4.74 Å². The Morgan fingerprint density at radius 3 is 2.32 bits per heavy atom. The molecule has 2 rings (SSSR count). The minimum atomic E-state index is -1.68. The van der Waals surface area contributed by atoms with Crippen LogP contribution in [0.2, 0.25) is 0 Å². The maximum Gasteiger partial charge on any atom is 0.379 e. The van der Waals surface area contributed by atoms with Crippen molar-refractivity contribution in [2.24, 2.45) is 0 Å². The van der Waals surface area contributed by atoms with Gasteiger partial charge in [0.05, 0.1) is 4.92 Å². The zero-order valence-electron chi connectivity index (χ0n) is 12.0. The van der Waals surface area contributed by atoms with Gasteiger partial charge >= 0.3 is 6.23 Å². The number of ether oxygens (including phenoxy) is 2. The smallest absolute Gasteiger partial charge is 0.379 e. The van der Waals surface area contributed by atoms with Gasteiger partial charge in [0.2, 0.25) is 0 Å². The third kappa shape index (κ3) is 3.89. The van der Waals surface area contributed by atoms with E-state index in [1.54, 1.807) is 12.1 Å². The highest BCUT2D eigenvalue weighted by molar-refractivity contribution is 5.98. The SMILES string of the molecule is COC(C(=O)c1ccc(OCc2ccccc2)cc1)[N+](=O)[O-]. The number of rotatable bonds is 7. The standard InChI is InChI=1S/C16H15NO5/c1-21-16(17(19)20)15(18)13-7-9-14(10-8-13)22-11-12-5-3-2-4-6-12/h2-10,16H,11H2,1H3. The summed E-state index contributed by atoms with van der Waals surface area (Å²) in [6.07, 6.45) is -1.68. The van der Waals surface area contributed by atoms with Crippen LogP contribution in [0.1, 0.15) is 15.9 Å². The average molecular weight is 301 g/mol. The first kappa shape index (κ1) is 15.7. The maximum absolute atomic E-state index is 11.9. The third-order valence-corrected chi connectivity index (χ3v) is 3.03. The van der Waals surface area contributed by atoms with Crippen LogP contribution in [0, 0.1) is 10.1 Å². The van der Waals surface area contributed by atoms with Crippen LogP contribution in [-0.2, 0) is 11.3 Å². The lowest BCUT2D eigenvalue weighted by Gasteiger charge is -2.08. The van der Waals surface area contributed by atoms with Crippen LogP contribution in [0.3, 0.4) is 0 Å². The summed E-state index contributed by atoms with van der Waals surface area (Å²) >= 11 is 0. The molecule has 114 valence electrons. The van der Waals surface area contributed by atoms with Gasteiger partial charge < -0.3 is 9.47 Å². The number of methoxy groups -OCH3 is 1. The first-order valence-electron chi connectivity index (χ1n) is 6.59. The predicted molar refractivity (Wildman–Crippen MR) is 79.3 cm³/mol. The van der Waals surface area contributed by atoms with Crippen LogP contribution >= 0.6 is 0 Å². The summed E-state index contributed by atoms with van der Waals surface area (Å²) in [4.78, 5) is 21.8. The van der Waals surface area contributed by atoms with E-state index in [0.29, 0.717) is 12.4 Å². The van der Waals surface area contributed by atoms with Crippen molar-refractivity contribution in [3.8, 4) is 5.75 Å². The quantitative estimate of drug-likeness (QED) is 0.340. The van der Waals surface area contributed by atoms with Gasteiger partial charge in [-0.25, -0.2) is 0 Å². The van der Waals surface area contributed by atoms with E-state index in [9.17, 15) is 14.9 Å². The largest absolute Gasteiger partial charge is 0.489 e. The lowest BCUT2D eigenvalue weighted by Crippen LogP contribution is -2.31. The first-order valence-corrected chi connectivity index (χ1v) is 6.59. The maximum atomic E-state index is 11.9. The molecule has 0 heterocycles. The second-order valence-corrected chi connectivity index (χ2v) is 4.54. The molecule has 0 radical (unpaired) electrons. The monoisotopic (exact) mass is 301 g/mol. The second kappa shape index (κ2) is 7.33. The van der Waals surface area contributed by atoms with Gasteiger partial charge in [-0.1, -0.05) is 30.3 Å². The van der Waals surface area contributed by atoms with Crippen molar-refractivity contribution >= 4 is 5.78 Å². The fourth-order valence-corrected chi connectivity index (χ4v) is 1.89. The molecule has 2 aromatic carbocycles. The second-order valence-electron chi connectivity index (χ2n) is 4.54. The van der Waals surface area contributed by atoms with Crippen molar-refractivity contribution in [2.45, 2.75) is 12.8 Å². The molecule has 0 aliphatic carbocycles. The van der Waals surface area contributed by atoms with Crippen LogP contribution in [-0.4, -0.2) is 24.0 Å². The summed E-state index contributed by atoms with van der Waals surface area (Å²) in [6, 6.07) is 15.8. The Morgan fingerprint density at radius 1 is 1.14 bits per heavy atom. The molecule has 0 amide bonds. The zero-order chi connectivity index (χ0) is 15.9. The number of nitro groups is 1. The van der Waals surface area contributed by atoms with Crippen molar-refractivity contribution in [1.29, 1.82) is 0 Å². The molecule has 6 nitrogen and oxygen atoms in total. The average Bonchev–Trinajstić information content (AvgIpc) is 2.54. The lowest BCUT2D eigenvalue weighted by atomic mass is 10.1. The Bertz CT molecular complexity index is 639. The van der Waals surface area contributed by atoms with E-state index >= 15 is 0 Å². The number of carbonyl (C=O) groups is 1. The number of carbonyl (C=O) groups excluding carboxylic acids is 1. The Hall–Kier alpha value is -2.73. The number of hydrogen-bond donors (Lipinski definition) is 0. The minimum Gasteiger partial charge on any atom is -0.489 e. The fraction of sp³-hybridized carbons (Fsp3) is 0.188. The van der Waals surface area contributed by atoms with Gasteiger partial charge in [0.15, 0.2) is 0 Å². The summed E-state index contributed by atoms with van der Waals surface area (Å²) < 4.78 is 10.2. The summed E-state index contributed by atoms with van der Waals surface area (Å²) in [5.74, 6) is -0.113. The van der Waals surface area contributed by atoms with Gasteiger partial charge in [0, 0.05) is 12.7 Å². The Labute approximate surface area is 127 Å². The zero-order valence-corrected chi connectivity index (χ0v) is 12.0. The molecule has 0 spiro atoms. The highest BCUT2D eigenvalue weighted by Gasteiger charge is 2.30. The molecule has 0 saturated carbocycles. The van der Waals surface area contributed by atoms with Gasteiger partial charge in [-0.05, 0) is 29.8 Å². The van der Waals surface area contributed by atoms with Gasteiger partial charge in [-0.2, -0.15) is 0 Å². The summed E-state index contributed by atoms with van der Waals surface area (Å²) in [5.41, 5.74) is 1.23. The molecule has 0 aliphatic heterocycles. The predicted octanol–water partition coefficient (Wildman–Crippen LogP) is 2.70. The van der Waals surface area contributed by atoms with E-state index in [-0.39, 0.29) is 5.56 Å². The number of benzene rings is 2. The topological polar surface area (TPSA) is 78.7 Å². The van der Waals surface area contributed by atoms with Gasteiger partial charge in [-0.3, -0.25) is 14.9 Å². The molecule has 1 atom stereocenters. The Balaban J connectivity index is 2.01. The molecule has 1 unspecified atom stereocenters. The van der Waals surface area contributed by atoms with Crippen molar-refractivity contribution in [3.05, 3.63) is 75.8 Å². The summed E-state index contributed by atoms with van der Waals surface area (Å²) in [7, 11) is 1.13. The minimum absolute atomic E-state index is 0.204. The molecule has 0 N–H and O–H groups in total. The molecule has 22 heavy (non-hydrogen) atoms. The number of nitrogens with zero attached hydrogens (tertiary/aromatic N) is 1. The van der Waals surface area contributed by atoms with Crippen LogP contribution in [0.5, 0.6) is 5.75 Å². The third-order valence-electron chi connectivity index (χ3n) is 3.03.